The monoisotopic (exact) mass is 342 g/mol. The van der Waals surface area contributed by atoms with Crippen molar-refractivity contribution in [2.24, 2.45) is 17.3 Å². The van der Waals surface area contributed by atoms with Gasteiger partial charge in [0.25, 0.3) is 0 Å². The zero-order valence-electron chi connectivity index (χ0n) is 15.6. The van der Waals surface area contributed by atoms with Crippen molar-refractivity contribution in [3.8, 4) is 0 Å². The molecule has 6 nitrogen and oxygen atoms in total. The van der Waals surface area contributed by atoms with Gasteiger partial charge in [0.15, 0.2) is 18.0 Å². The molecule has 138 valence electrons. The van der Waals surface area contributed by atoms with Crippen LogP contribution in [0.5, 0.6) is 0 Å². The molecule has 0 unspecified atom stereocenters. The predicted octanol–water partition coefficient (Wildman–Crippen LogP) is 2.69. The fraction of sp³-hybridized carbons (Fsp3) is 0.889. The number of esters is 2. The SMILES string of the molecule is CCOC(=O)[C@H]1OC2(C[C@@H](C)C(C)(C)C[C@@H]2C)O[C@@H]1C(=O)OCC. The highest BCUT2D eigenvalue weighted by Gasteiger charge is 2.60. The van der Waals surface area contributed by atoms with Crippen LogP contribution in [0.4, 0.5) is 0 Å². The minimum atomic E-state index is -1.07. The normalized spacial score (nSPS) is 34.1. The quantitative estimate of drug-likeness (QED) is 0.732. The summed E-state index contributed by atoms with van der Waals surface area (Å²) >= 11 is 0. The Bertz CT molecular complexity index is 460. The Hall–Kier alpha value is -1.14. The third kappa shape index (κ3) is 3.45. The molecule has 0 bridgehead atoms. The number of hydrogen-bond donors (Lipinski definition) is 0. The molecule has 24 heavy (non-hydrogen) atoms. The maximum Gasteiger partial charge on any atom is 0.338 e. The van der Waals surface area contributed by atoms with Crippen LogP contribution in [0.2, 0.25) is 0 Å². The number of ether oxygens (including phenoxy) is 4. The second-order valence-corrected chi connectivity index (χ2v) is 7.59. The highest BCUT2D eigenvalue weighted by Crippen LogP contribution is 2.53. The summed E-state index contributed by atoms with van der Waals surface area (Å²) in [7, 11) is 0. The van der Waals surface area contributed by atoms with Crippen LogP contribution in [-0.2, 0) is 28.5 Å². The second-order valence-electron chi connectivity index (χ2n) is 7.59. The van der Waals surface area contributed by atoms with Gasteiger partial charge in [0, 0.05) is 12.3 Å². The molecule has 1 heterocycles. The van der Waals surface area contributed by atoms with Crippen molar-refractivity contribution in [1.82, 2.24) is 0 Å². The number of carbonyl (C=O) groups excluding carboxylic acids is 2. The van der Waals surface area contributed by atoms with Crippen molar-refractivity contribution in [1.29, 1.82) is 0 Å². The number of rotatable bonds is 4. The average Bonchev–Trinajstić information content (AvgIpc) is 2.87. The summed E-state index contributed by atoms with van der Waals surface area (Å²) in [5, 5.41) is 0. The fourth-order valence-corrected chi connectivity index (χ4v) is 3.75. The molecule has 1 saturated heterocycles. The Morgan fingerprint density at radius 2 is 1.38 bits per heavy atom. The summed E-state index contributed by atoms with van der Waals surface area (Å²) < 4.78 is 22.3. The van der Waals surface area contributed by atoms with Crippen LogP contribution in [0, 0.1) is 17.3 Å². The smallest absolute Gasteiger partial charge is 0.338 e. The van der Waals surface area contributed by atoms with Gasteiger partial charge < -0.3 is 18.9 Å². The lowest BCUT2D eigenvalue weighted by atomic mass is 9.64. The summed E-state index contributed by atoms with van der Waals surface area (Å²) in [6.45, 7) is 12.5. The first kappa shape index (κ1) is 19.2. The van der Waals surface area contributed by atoms with Crippen LogP contribution < -0.4 is 0 Å². The summed E-state index contributed by atoms with van der Waals surface area (Å²) in [6.07, 6.45) is -0.619. The third-order valence-corrected chi connectivity index (χ3v) is 5.47. The number of hydrogen-bond acceptors (Lipinski definition) is 6. The molecule has 0 radical (unpaired) electrons. The lowest BCUT2D eigenvalue weighted by molar-refractivity contribution is -0.249. The number of carbonyl (C=O) groups is 2. The molecule has 1 spiro atoms. The summed E-state index contributed by atoms with van der Waals surface area (Å²) in [4.78, 5) is 24.5. The zero-order valence-corrected chi connectivity index (χ0v) is 15.6. The van der Waals surface area contributed by atoms with Crippen LogP contribution in [0.15, 0.2) is 0 Å². The standard InChI is InChI=1S/C18H30O6/c1-7-21-15(19)13-14(16(20)22-8-2)24-18(23-13)10-11(3)17(5,6)9-12(18)4/h11-14H,7-10H2,1-6H3/t11-,12+,13+,14+/m1/s1. The molecule has 4 atom stereocenters. The molecule has 1 saturated carbocycles. The molecule has 0 N–H and O–H groups in total. The van der Waals surface area contributed by atoms with E-state index >= 15 is 0 Å². The van der Waals surface area contributed by atoms with Gasteiger partial charge in [-0.25, -0.2) is 9.59 Å². The molecule has 6 heteroatoms. The molecule has 0 aromatic heterocycles. The van der Waals surface area contributed by atoms with Crippen LogP contribution in [0.1, 0.15) is 54.4 Å². The summed E-state index contributed by atoms with van der Waals surface area (Å²) in [6, 6.07) is 0. The minimum absolute atomic E-state index is 0.0556. The fourth-order valence-electron chi connectivity index (χ4n) is 3.75. The van der Waals surface area contributed by atoms with Crippen molar-refractivity contribution >= 4 is 11.9 Å². The Morgan fingerprint density at radius 1 is 0.917 bits per heavy atom. The van der Waals surface area contributed by atoms with E-state index in [1.807, 2.05) is 6.92 Å². The van der Waals surface area contributed by atoms with E-state index in [4.69, 9.17) is 18.9 Å². The molecule has 1 aliphatic heterocycles. The van der Waals surface area contributed by atoms with Crippen LogP contribution in [-0.4, -0.2) is 43.1 Å². The van der Waals surface area contributed by atoms with E-state index in [2.05, 4.69) is 20.8 Å². The Balaban J connectivity index is 2.27. The van der Waals surface area contributed by atoms with E-state index in [9.17, 15) is 9.59 Å². The van der Waals surface area contributed by atoms with E-state index < -0.39 is 29.9 Å². The van der Waals surface area contributed by atoms with Gasteiger partial charge in [0.05, 0.1) is 13.2 Å². The van der Waals surface area contributed by atoms with Gasteiger partial charge >= 0.3 is 11.9 Å². The van der Waals surface area contributed by atoms with Crippen LogP contribution >= 0.6 is 0 Å². The third-order valence-electron chi connectivity index (χ3n) is 5.47. The van der Waals surface area contributed by atoms with E-state index in [0.717, 1.165) is 6.42 Å². The lowest BCUT2D eigenvalue weighted by Gasteiger charge is -2.48. The molecule has 2 rings (SSSR count). The molecule has 2 fully saturated rings. The van der Waals surface area contributed by atoms with E-state index in [0.29, 0.717) is 12.3 Å². The molecular weight excluding hydrogens is 312 g/mol. The molecule has 2 aliphatic rings. The van der Waals surface area contributed by atoms with Crippen molar-refractivity contribution in [3.63, 3.8) is 0 Å². The highest BCUT2D eigenvalue weighted by atomic mass is 16.8. The Kier molecular flexibility index (Phi) is 5.60. The first-order chi connectivity index (χ1) is 11.2. The summed E-state index contributed by atoms with van der Waals surface area (Å²) in [5.41, 5.74) is 0.152. The molecular formula is C18H30O6. The molecule has 0 aromatic rings. The first-order valence-corrected chi connectivity index (χ1v) is 8.85. The van der Waals surface area contributed by atoms with Crippen molar-refractivity contribution in [2.75, 3.05) is 13.2 Å². The predicted molar refractivity (Wildman–Crippen MR) is 87.1 cm³/mol. The average molecular weight is 342 g/mol. The highest BCUT2D eigenvalue weighted by molar-refractivity contribution is 5.86. The van der Waals surface area contributed by atoms with Gasteiger partial charge in [0.1, 0.15) is 0 Å². The van der Waals surface area contributed by atoms with Crippen molar-refractivity contribution in [2.45, 2.75) is 72.4 Å². The minimum Gasteiger partial charge on any atom is -0.464 e. The van der Waals surface area contributed by atoms with Gasteiger partial charge in [-0.15, -0.1) is 0 Å². The maximum atomic E-state index is 12.3. The zero-order chi connectivity index (χ0) is 18.1. The largest absolute Gasteiger partial charge is 0.464 e. The van der Waals surface area contributed by atoms with E-state index in [-0.39, 0.29) is 24.5 Å². The topological polar surface area (TPSA) is 71.1 Å². The van der Waals surface area contributed by atoms with Gasteiger partial charge in [0.2, 0.25) is 0 Å². The molecule has 0 amide bonds. The molecule has 1 aliphatic carbocycles. The van der Waals surface area contributed by atoms with Crippen molar-refractivity contribution in [3.05, 3.63) is 0 Å². The van der Waals surface area contributed by atoms with Crippen LogP contribution in [0.3, 0.4) is 0 Å². The van der Waals surface area contributed by atoms with Gasteiger partial charge in [-0.2, -0.15) is 0 Å². The Morgan fingerprint density at radius 3 is 1.79 bits per heavy atom. The van der Waals surface area contributed by atoms with Gasteiger partial charge in [-0.1, -0.05) is 27.7 Å². The lowest BCUT2D eigenvalue weighted by Crippen LogP contribution is -2.49. The summed E-state index contributed by atoms with van der Waals surface area (Å²) in [5.74, 6) is -1.70. The van der Waals surface area contributed by atoms with Crippen molar-refractivity contribution < 1.29 is 28.5 Å². The molecule has 0 aromatic carbocycles. The Labute approximate surface area is 144 Å². The second kappa shape index (κ2) is 7.00. The van der Waals surface area contributed by atoms with Crippen LogP contribution in [0.25, 0.3) is 0 Å². The van der Waals surface area contributed by atoms with E-state index in [1.54, 1.807) is 13.8 Å². The van der Waals surface area contributed by atoms with E-state index in [1.165, 1.54) is 0 Å². The van der Waals surface area contributed by atoms with Gasteiger partial charge in [-0.05, 0) is 31.6 Å². The van der Waals surface area contributed by atoms with Gasteiger partial charge in [-0.3, -0.25) is 0 Å². The first-order valence-electron chi connectivity index (χ1n) is 8.85. The maximum absolute atomic E-state index is 12.3.